The fourth-order valence-corrected chi connectivity index (χ4v) is 3.37. The second-order valence-corrected chi connectivity index (χ2v) is 7.08. The number of hydrogen-bond acceptors (Lipinski definition) is 8. The van der Waals surface area contributed by atoms with Crippen molar-refractivity contribution in [2.75, 3.05) is 26.4 Å². The molecule has 8 heteroatoms. The first-order valence-corrected chi connectivity index (χ1v) is 9.76. The Morgan fingerprint density at radius 2 is 1.67 bits per heavy atom. The van der Waals surface area contributed by atoms with Gasteiger partial charge in [0.05, 0.1) is 13.2 Å². The molecular weight excluding hydrogens is 334 g/mol. The first-order valence-electron chi connectivity index (χ1n) is 8.88. The number of hydrogen-bond donors (Lipinski definition) is 5. The quantitative estimate of drug-likeness (QED) is 0.235. The molecule has 0 aliphatic carbocycles. The van der Waals surface area contributed by atoms with Crippen LogP contribution in [0, 0.1) is 0 Å². The molecule has 0 bridgehead atoms. The van der Waals surface area contributed by atoms with Crippen LogP contribution >= 0.6 is 11.9 Å². The SMILES string of the molecule is CCCCCCCCOCCNS[C@@H]1O[C@H](CO)[C@H](O)[C@H](O)[C@H]1O. The van der Waals surface area contributed by atoms with Crippen molar-refractivity contribution in [2.45, 2.75) is 75.3 Å². The standard InChI is InChI=1S/C16H33NO6S/c1-2-3-4-5-6-7-9-22-10-8-17-24-16-15(21)14(20)13(19)12(11-18)23-16/h12-21H,2-11H2,1H3/t12-,13+,14+,15-,16+/m1/s1. The van der Waals surface area contributed by atoms with Crippen molar-refractivity contribution in [3.63, 3.8) is 0 Å². The Kier molecular flexibility index (Phi) is 12.3. The van der Waals surface area contributed by atoms with Crippen LogP contribution in [-0.4, -0.2) is 76.6 Å². The zero-order valence-electron chi connectivity index (χ0n) is 14.5. The number of ether oxygens (including phenoxy) is 2. The van der Waals surface area contributed by atoms with Crippen molar-refractivity contribution in [1.82, 2.24) is 4.72 Å². The van der Waals surface area contributed by atoms with Gasteiger partial charge in [0.25, 0.3) is 0 Å². The first-order chi connectivity index (χ1) is 11.6. The normalized spacial score (nSPS) is 30.6. The Bertz CT molecular complexity index is 310. The molecule has 1 rings (SSSR count). The summed E-state index contributed by atoms with van der Waals surface area (Å²) in [6.45, 7) is 3.68. The lowest BCUT2D eigenvalue weighted by Gasteiger charge is -2.39. The van der Waals surface area contributed by atoms with Gasteiger partial charge in [0.15, 0.2) is 0 Å². The third-order valence-electron chi connectivity index (χ3n) is 4.04. The average molecular weight is 368 g/mol. The highest BCUT2D eigenvalue weighted by molar-refractivity contribution is 7.97. The van der Waals surface area contributed by atoms with Gasteiger partial charge < -0.3 is 29.9 Å². The summed E-state index contributed by atoms with van der Waals surface area (Å²) in [5.41, 5.74) is -0.751. The lowest BCUT2D eigenvalue weighted by Crippen LogP contribution is -2.58. The summed E-state index contributed by atoms with van der Waals surface area (Å²) in [6, 6.07) is 0. The molecule has 1 fully saturated rings. The van der Waals surface area contributed by atoms with Crippen LogP contribution in [0.25, 0.3) is 0 Å². The molecule has 0 amide bonds. The molecule has 0 aromatic carbocycles. The van der Waals surface area contributed by atoms with Gasteiger partial charge >= 0.3 is 0 Å². The zero-order valence-corrected chi connectivity index (χ0v) is 15.3. The molecule has 1 aliphatic heterocycles. The third kappa shape index (κ3) is 7.97. The Balaban J connectivity index is 2.02. The van der Waals surface area contributed by atoms with E-state index in [1.165, 1.54) is 32.1 Å². The van der Waals surface area contributed by atoms with Crippen LogP contribution in [-0.2, 0) is 9.47 Å². The van der Waals surface area contributed by atoms with Crippen LogP contribution in [0.2, 0.25) is 0 Å². The predicted octanol–water partition coefficient (Wildman–Crippen LogP) is 0.401. The molecule has 1 saturated heterocycles. The van der Waals surface area contributed by atoms with E-state index >= 15 is 0 Å². The molecule has 0 aromatic heterocycles. The molecule has 7 nitrogen and oxygen atoms in total. The molecule has 0 radical (unpaired) electrons. The molecule has 5 N–H and O–H groups in total. The summed E-state index contributed by atoms with van der Waals surface area (Å²) in [6.07, 6.45) is 2.67. The fourth-order valence-electron chi connectivity index (χ4n) is 2.51. The molecule has 0 saturated carbocycles. The monoisotopic (exact) mass is 367 g/mol. The Morgan fingerprint density at radius 3 is 2.38 bits per heavy atom. The first kappa shape index (κ1) is 22.1. The fraction of sp³-hybridized carbons (Fsp3) is 1.00. The van der Waals surface area contributed by atoms with E-state index in [4.69, 9.17) is 14.6 Å². The number of rotatable bonds is 13. The highest BCUT2D eigenvalue weighted by Gasteiger charge is 2.43. The van der Waals surface area contributed by atoms with E-state index in [0.29, 0.717) is 13.2 Å². The molecule has 24 heavy (non-hydrogen) atoms. The maximum Gasteiger partial charge on any atom is 0.146 e. The van der Waals surface area contributed by atoms with Gasteiger partial charge in [0, 0.05) is 13.2 Å². The minimum absolute atomic E-state index is 0.413. The van der Waals surface area contributed by atoms with Crippen molar-refractivity contribution in [3.05, 3.63) is 0 Å². The molecule has 5 atom stereocenters. The summed E-state index contributed by atoms with van der Waals surface area (Å²) < 4.78 is 13.9. The van der Waals surface area contributed by atoms with Gasteiger partial charge in [-0.3, -0.25) is 4.72 Å². The van der Waals surface area contributed by atoms with Crippen LogP contribution in [0.4, 0.5) is 0 Å². The zero-order chi connectivity index (χ0) is 17.8. The van der Waals surface area contributed by atoms with E-state index < -0.39 is 36.5 Å². The minimum atomic E-state index is -1.33. The van der Waals surface area contributed by atoms with Crippen molar-refractivity contribution in [2.24, 2.45) is 0 Å². The predicted molar refractivity (Wildman–Crippen MR) is 93.6 cm³/mol. The maximum absolute atomic E-state index is 9.87. The highest BCUT2D eigenvalue weighted by Crippen LogP contribution is 2.26. The molecule has 1 aliphatic rings. The molecule has 0 unspecified atom stereocenters. The van der Waals surface area contributed by atoms with Crippen LogP contribution in [0.5, 0.6) is 0 Å². The third-order valence-corrected chi connectivity index (χ3v) is 5.03. The van der Waals surface area contributed by atoms with E-state index in [0.717, 1.165) is 25.0 Å². The Hall–Kier alpha value is 0.0700. The second kappa shape index (κ2) is 13.3. The van der Waals surface area contributed by atoms with Gasteiger partial charge in [0.1, 0.15) is 29.9 Å². The average Bonchev–Trinajstić information content (AvgIpc) is 2.59. The van der Waals surface area contributed by atoms with Crippen LogP contribution in [0.3, 0.4) is 0 Å². The van der Waals surface area contributed by atoms with E-state index in [1.807, 2.05) is 0 Å². The number of aliphatic hydroxyl groups is 4. The van der Waals surface area contributed by atoms with E-state index in [9.17, 15) is 15.3 Å². The largest absolute Gasteiger partial charge is 0.394 e. The summed E-state index contributed by atoms with van der Waals surface area (Å²) >= 11 is 1.12. The van der Waals surface area contributed by atoms with Crippen molar-refractivity contribution in [1.29, 1.82) is 0 Å². The Labute approximate surface area is 148 Å². The summed E-state index contributed by atoms with van der Waals surface area (Å²) in [5.74, 6) is 0. The van der Waals surface area contributed by atoms with Crippen LogP contribution < -0.4 is 4.72 Å². The van der Waals surface area contributed by atoms with Gasteiger partial charge in [-0.05, 0) is 18.4 Å². The van der Waals surface area contributed by atoms with Crippen LogP contribution in [0.15, 0.2) is 0 Å². The number of unbranched alkanes of at least 4 members (excludes halogenated alkanes) is 5. The van der Waals surface area contributed by atoms with E-state index in [1.54, 1.807) is 0 Å². The van der Waals surface area contributed by atoms with Gasteiger partial charge in [-0.1, -0.05) is 39.0 Å². The Morgan fingerprint density at radius 1 is 0.958 bits per heavy atom. The van der Waals surface area contributed by atoms with Crippen molar-refractivity contribution >= 4 is 11.9 Å². The number of nitrogens with one attached hydrogen (secondary N) is 1. The molecule has 1 heterocycles. The lowest BCUT2D eigenvalue weighted by atomic mass is 10.0. The van der Waals surface area contributed by atoms with Crippen LogP contribution in [0.1, 0.15) is 45.4 Å². The van der Waals surface area contributed by atoms with E-state index in [2.05, 4.69) is 11.6 Å². The van der Waals surface area contributed by atoms with Crippen molar-refractivity contribution < 1.29 is 29.9 Å². The van der Waals surface area contributed by atoms with Gasteiger partial charge in [-0.15, -0.1) is 0 Å². The van der Waals surface area contributed by atoms with Gasteiger partial charge in [-0.2, -0.15) is 0 Å². The molecule has 144 valence electrons. The smallest absolute Gasteiger partial charge is 0.146 e. The summed E-state index contributed by atoms with van der Waals surface area (Å²) in [5, 5.41) is 38.4. The van der Waals surface area contributed by atoms with Crippen molar-refractivity contribution in [3.8, 4) is 0 Å². The molecular formula is C16H33NO6S. The second-order valence-electron chi connectivity index (χ2n) is 6.09. The summed E-state index contributed by atoms with van der Waals surface area (Å²) in [4.78, 5) is 0. The maximum atomic E-state index is 9.87. The van der Waals surface area contributed by atoms with Gasteiger partial charge in [0.2, 0.25) is 0 Å². The lowest BCUT2D eigenvalue weighted by molar-refractivity contribution is -0.205. The molecule has 0 spiro atoms. The topological polar surface area (TPSA) is 111 Å². The molecule has 0 aromatic rings. The number of aliphatic hydroxyl groups excluding tert-OH is 4. The van der Waals surface area contributed by atoms with Gasteiger partial charge in [-0.25, -0.2) is 0 Å². The summed E-state index contributed by atoms with van der Waals surface area (Å²) in [7, 11) is 0. The highest BCUT2D eigenvalue weighted by atomic mass is 32.2. The van der Waals surface area contributed by atoms with E-state index in [-0.39, 0.29) is 0 Å². The minimum Gasteiger partial charge on any atom is -0.394 e.